The minimum absolute atomic E-state index is 0.0449. The highest BCUT2D eigenvalue weighted by Crippen LogP contribution is 2.09. The molecule has 58 valence electrons. The van der Waals surface area contributed by atoms with Crippen molar-refractivity contribution in [3.8, 4) is 0 Å². The average molecular weight is 144 g/mol. The second-order valence-electron chi connectivity index (χ2n) is 2.43. The van der Waals surface area contributed by atoms with Crippen molar-refractivity contribution in [3.05, 3.63) is 0 Å². The number of carbonyl (C=O) groups is 1. The Morgan fingerprint density at radius 2 is 2.40 bits per heavy atom. The molecule has 1 rings (SSSR count). The molecular weight excluding hydrogens is 132 g/mol. The summed E-state index contributed by atoms with van der Waals surface area (Å²) < 4.78 is 0. The lowest BCUT2D eigenvalue weighted by Crippen LogP contribution is -2.41. The first-order chi connectivity index (χ1) is 4.74. The lowest BCUT2D eigenvalue weighted by molar-refractivity contribution is -0.122. The topological polar surface area (TPSA) is 61.4 Å². The number of hydrogen-bond donors (Lipinski definition) is 3. The number of aliphatic hydroxyl groups excluding tert-OH is 1. The van der Waals surface area contributed by atoms with Crippen LogP contribution in [-0.4, -0.2) is 30.3 Å². The van der Waals surface area contributed by atoms with Gasteiger partial charge in [-0.2, -0.15) is 0 Å². The summed E-state index contributed by atoms with van der Waals surface area (Å²) in [6, 6.07) is -0.194. The molecule has 0 spiro atoms. The van der Waals surface area contributed by atoms with Crippen LogP contribution >= 0.6 is 0 Å². The van der Waals surface area contributed by atoms with Gasteiger partial charge in [-0.05, 0) is 12.8 Å². The molecule has 0 aromatic carbocycles. The number of hydrogen-bond acceptors (Lipinski definition) is 3. The number of amides is 1. The van der Waals surface area contributed by atoms with E-state index in [1.807, 2.05) is 0 Å². The molecule has 1 amide bonds. The summed E-state index contributed by atoms with van der Waals surface area (Å²) in [4.78, 5) is 10.9. The van der Waals surface area contributed by atoms with Crippen molar-refractivity contribution in [3.63, 3.8) is 0 Å². The minimum atomic E-state index is -0.498. The molecule has 0 saturated carbocycles. The molecular formula is C6H12N2O2. The summed E-state index contributed by atoms with van der Waals surface area (Å²) in [5.41, 5.74) is 0. The molecule has 1 aliphatic rings. The van der Waals surface area contributed by atoms with Gasteiger partial charge in [0.15, 0.2) is 0 Å². The van der Waals surface area contributed by atoms with Gasteiger partial charge in [-0.15, -0.1) is 0 Å². The van der Waals surface area contributed by atoms with E-state index < -0.39 is 6.23 Å². The van der Waals surface area contributed by atoms with E-state index in [0.717, 1.165) is 6.42 Å². The molecule has 0 bridgehead atoms. The molecule has 4 nitrogen and oxygen atoms in total. The van der Waals surface area contributed by atoms with Crippen LogP contribution in [0.1, 0.15) is 12.8 Å². The van der Waals surface area contributed by atoms with Gasteiger partial charge in [-0.1, -0.05) is 0 Å². The Kier molecular flexibility index (Phi) is 2.24. The van der Waals surface area contributed by atoms with Crippen molar-refractivity contribution >= 4 is 5.91 Å². The summed E-state index contributed by atoms with van der Waals surface area (Å²) >= 11 is 0. The Morgan fingerprint density at radius 1 is 1.70 bits per heavy atom. The molecule has 1 heterocycles. The SMILES string of the molecule is CNC(=O)C1CCC(O)N1. The molecule has 0 radical (unpaired) electrons. The molecule has 10 heavy (non-hydrogen) atoms. The molecule has 2 atom stereocenters. The standard InChI is InChI=1S/C6H12N2O2/c1-7-6(10)4-2-3-5(9)8-4/h4-5,8-9H,2-3H2,1H3,(H,7,10). The molecule has 1 fully saturated rings. The number of nitrogens with one attached hydrogen (secondary N) is 2. The molecule has 0 aliphatic carbocycles. The Bertz CT molecular complexity index is 138. The molecule has 0 aromatic heterocycles. The van der Waals surface area contributed by atoms with Gasteiger partial charge in [-0.3, -0.25) is 10.1 Å². The van der Waals surface area contributed by atoms with Gasteiger partial charge in [-0.25, -0.2) is 0 Å². The van der Waals surface area contributed by atoms with E-state index in [-0.39, 0.29) is 11.9 Å². The third kappa shape index (κ3) is 1.46. The largest absolute Gasteiger partial charge is 0.379 e. The molecule has 1 aliphatic heterocycles. The summed E-state index contributed by atoms with van der Waals surface area (Å²) in [5.74, 6) is -0.0449. The van der Waals surface area contributed by atoms with E-state index >= 15 is 0 Å². The third-order valence-electron chi connectivity index (χ3n) is 1.69. The normalized spacial score (nSPS) is 32.2. The number of carbonyl (C=O) groups excluding carboxylic acids is 1. The van der Waals surface area contributed by atoms with Crippen molar-refractivity contribution in [1.82, 2.24) is 10.6 Å². The van der Waals surface area contributed by atoms with Crippen molar-refractivity contribution < 1.29 is 9.90 Å². The summed E-state index contributed by atoms with van der Waals surface area (Å²) in [7, 11) is 1.59. The van der Waals surface area contributed by atoms with Gasteiger partial charge >= 0.3 is 0 Å². The van der Waals surface area contributed by atoms with Gasteiger partial charge in [0.05, 0.1) is 6.04 Å². The fourth-order valence-corrected chi connectivity index (χ4v) is 1.10. The maximum Gasteiger partial charge on any atom is 0.236 e. The molecule has 3 N–H and O–H groups in total. The highest BCUT2D eigenvalue weighted by atomic mass is 16.3. The fraction of sp³-hybridized carbons (Fsp3) is 0.833. The number of aliphatic hydroxyl groups is 1. The van der Waals surface area contributed by atoms with Gasteiger partial charge < -0.3 is 10.4 Å². The van der Waals surface area contributed by atoms with Crippen LogP contribution in [0.4, 0.5) is 0 Å². The average Bonchev–Trinajstić information content (AvgIpc) is 2.34. The Hall–Kier alpha value is -0.610. The highest BCUT2D eigenvalue weighted by molar-refractivity contribution is 5.81. The van der Waals surface area contributed by atoms with Crippen molar-refractivity contribution in [1.29, 1.82) is 0 Å². The summed E-state index contributed by atoms with van der Waals surface area (Å²) in [6.07, 6.45) is 0.890. The van der Waals surface area contributed by atoms with Crippen molar-refractivity contribution in [2.45, 2.75) is 25.1 Å². The predicted octanol–water partition coefficient (Wildman–Crippen LogP) is -1.20. The highest BCUT2D eigenvalue weighted by Gasteiger charge is 2.26. The van der Waals surface area contributed by atoms with Gasteiger partial charge in [0, 0.05) is 7.05 Å². The second-order valence-corrected chi connectivity index (χ2v) is 2.43. The van der Waals surface area contributed by atoms with E-state index in [1.54, 1.807) is 7.05 Å². The van der Waals surface area contributed by atoms with Crippen molar-refractivity contribution in [2.75, 3.05) is 7.05 Å². The molecule has 2 unspecified atom stereocenters. The lowest BCUT2D eigenvalue weighted by atomic mass is 10.2. The first-order valence-corrected chi connectivity index (χ1v) is 3.39. The maximum atomic E-state index is 10.9. The second kappa shape index (κ2) is 2.98. The Labute approximate surface area is 59.6 Å². The van der Waals surface area contributed by atoms with Crippen LogP contribution < -0.4 is 10.6 Å². The third-order valence-corrected chi connectivity index (χ3v) is 1.69. The minimum Gasteiger partial charge on any atom is -0.379 e. The van der Waals surface area contributed by atoms with E-state index in [9.17, 15) is 4.79 Å². The van der Waals surface area contributed by atoms with Crippen LogP contribution in [0.2, 0.25) is 0 Å². The molecule has 4 heteroatoms. The summed E-state index contributed by atoms with van der Waals surface area (Å²) in [6.45, 7) is 0. The van der Waals surface area contributed by atoms with E-state index in [4.69, 9.17) is 5.11 Å². The predicted molar refractivity (Wildman–Crippen MR) is 36.2 cm³/mol. The number of likely N-dealkylation sites (N-methyl/N-ethyl adjacent to an activating group) is 1. The van der Waals surface area contributed by atoms with Crippen LogP contribution in [0.25, 0.3) is 0 Å². The van der Waals surface area contributed by atoms with Crippen LogP contribution in [-0.2, 0) is 4.79 Å². The van der Waals surface area contributed by atoms with E-state index in [1.165, 1.54) is 0 Å². The summed E-state index contributed by atoms with van der Waals surface area (Å²) in [5, 5.41) is 14.2. The smallest absolute Gasteiger partial charge is 0.236 e. The fourth-order valence-electron chi connectivity index (χ4n) is 1.10. The zero-order chi connectivity index (χ0) is 7.56. The Balaban J connectivity index is 2.37. The molecule has 0 aromatic rings. The number of rotatable bonds is 1. The zero-order valence-electron chi connectivity index (χ0n) is 5.92. The van der Waals surface area contributed by atoms with Crippen LogP contribution in [0, 0.1) is 0 Å². The monoisotopic (exact) mass is 144 g/mol. The van der Waals surface area contributed by atoms with Crippen LogP contribution in [0.3, 0.4) is 0 Å². The van der Waals surface area contributed by atoms with E-state index in [0.29, 0.717) is 6.42 Å². The first-order valence-electron chi connectivity index (χ1n) is 3.39. The maximum absolute atomic E-state index is 10.9. The van der Waals surface area contributed by atoms with Gasteiger partial charge in [0.1, 0.15) is 6.23 Å². The van der Waals surface area contributed by atoms with E-state index in [2.05, 4.69) is 10.6 Å². The van der Waals surface area contributed by atoms with Crippen molar-refractivity contribution in [2.24, 2.45) is 0 Å². The molecule has 1 saturated heterocycles. The lowest BCUT2D eigenvalue weighted by Gasteiger charge is -2.07. The van der Waals surface area contributed by atoms with Gasteiger partial charge in [0.2, 0.25) is 5.91 Å². The first kappa shape index (κ1) is 7.50. The zero-order valence-corrected chi connectivity index (χ0v) is 5.92. The quantitative estimate of drug-likeness (QED) is 0.433. The Morgan fingerprint density at radius 3 is 2.80 bits per heavy atom. The van der Waals surface area contributed by atoms with Crippen LogP contribution in [0.15, 0.2) is 0 Å². The van der Waals surface area contributed by atoms with Gasteiger partial charge in [0.25, 0.3) is 0 Å². The van der Waals surface area contributed by atoms with Crippen LogP contribution in [0.5, 0.6) is 0 Å².